The van der Waals surface area contributed by atoms with Gasteiger partial charge in [0.2, 0.25) is 0 Å². The first-order valence-corrected chi connectivity index (χ1v) is 19.5. The Morgan fingerprint density at radius 2 is 1.67 bits per heavy atom. The molecule has 7 rings (SSSR count). The molecule has 0 aromatic heterocycles. The van der Waals surface area contributed by atoms with Crippen molar-refractivity contribution in [2.45, 2.75) is 94.5 Å². The standard InChI is InChI=1S/C39H39NO8Si/c1-6-19-46-37(45)40-30-17-12-10-11-13-18-31(42)39(38(30,48-39)23(5)47-49(7-2,8-3)9-4)28-22-29(41)32-33(34(28)40)36(44)27-21-25-16-14-15-24(25)20-26(27)35(32)43/h6,10-11,20-23,30-31,41-42H,1,7-9,14-16,19H2,2-5H3/b11-10-/t23-,30+,31-,38+,39+/m1/s1. The maximum atomic E-state index is 14.7. The van der Waals surface area contributed by atoms with Gasteiger partial charge in [0.15, 0.2) is 37.2 Å². The number of ether oxygens (including phenoxy) is 2. The molecule has 1 fully saturated rings. The van der Waals surface area contributed by atoms with Gasteiger partial charge in [-0.25, -0.2) is 4.79 Å². The molecule has 9 nitrogen and oxygen atoms in total. The molecule has 2 heterocycles. The van der Waals surface area contributed by atoms with Crippen molar-refractivity contribution in [1.29, 1.82) is 0 Å². The lowest BCUT2D eigenvalue weighted by molar-refractivity contribution is 0.0887. The average Bonchev–Trinajstić information content (AvgIpc) is 3.64. The Morgan fingerprint density at radius 1 is 1.06 bits per heavy atom. The number of phenols is 1. The van der Waals surface area contributed by atoms with Crippen LogP contribution in [0.2, 0.25) is 18.1 Å². The summed E-state index contributed by atoms with van der Waals surface area (Å²) in [5, 5.41) is 23.7. The Bertz CT molecular complexity index is 1980. The van der Waals surface area contributed by atoms with Crippen molar-refractivity contribution in [3.05, 3.63) is 82.0 Å². The van der Waals surface area contributed by atoms with E-state index in [0.29, 0.717) is 0 Å². The monoisotopic (exact) mass is 677 g/mol. The van der Waals surface area contributed by atoms with E-state index in [1.807, 2.05) is 6.92 Å². The Balaban J connectivity index is 1.55. The number of nitrogens with zero attached hydrogens (tertiary/aromatic N) is 1. The highest BCUT2D eigenvalue weighted by atomic mass is 28.4. The minimum atomic E-state index is -2.33. The van der Waals surface area contributed by atoms with Gasteiger partial charge in [0.1, 0.15) is 18.4 Å². The van der Waals surface area contributed by atoms with E-state index in [0.717, 1.165) is 48.5 Å². The summed E-state index contributed by atoms with van der Waals surface area (Å²) in [6, 6.07) is 6.14. The molecule has 1 saturated heterocycles. The zero-order valence-electron chi connectivity index (χ0n) is 28.1. The predicted molar refractivity (Wildman–Crippen MR) is 185 cm³/mol. The van der Waals surface area contributed by atoms with Crippen LogP contribution in [0.1, 0.15) is 82.6 Å². The number of allylic oxidation sites excluding steroid dienone is 2. The van der Waals surface area contributed by atoms with Gasteiger partial charge in [-0.15, -0.1) is 0 Å². The van der Waals surface area contributed by atoms with Gasteiger partial charge in [-0.3, -0.25) is 14.5 Å². The number of carbonyl (C=O) groups is 3. The summed E-state index contributed by atoms with van der Waals surface area (Å²) in [7, 11) is -2.33. The summed E-state index contributed by atoms with van der Waals surface area (Å²) in [4.78, 5) is 44.5. The van der Waals surface area contributed by atoms with E-state index >= 15 is 0 Å². The van der Waals surface area contributed by atoms with Crippen LogP contribution in [-0.4, -0.2) is 66.6 Å². The Labute approximate surface area is 287 Å². The summed E-state index contributed by atoms with van der Waals surface area (Å²) in [5.41, 5.74) is -1.08. The van der Waals surface area contributed by atoms with Gasteiger partial charge in [-0.1, -0.05) is 57.1 Å². The molecule has 3 aliphatic carbocycles. The van der Waals surface area contributed by atoms with Gasteiger partial charge in [-0.05, 0) is 85.8 Å². The molecule has 252 valence electrons. The second kappa shape index (κ2) is 11.9. The third-order valence-electron chi connectivity index (χ3n) is 11.2. The molecule has 0 spiro atoms. The fraction of sp³-hybridized carbons (Fsp3) is 0.410. The van der Waals surface area contributed by atoms with Crippen molar-refractivity contribution >= 4 is 31.7 Å². The molecule has 5 atom stereocenters. The van der Waals surface area contributed by atoms with Crippen molar-refractivity contribution in [2.75, 3.05) is 11.5 Å². The van der Waals surface area contributed by atoms with E-state index in [1.165, 1.54) is 29.2 Å². The second-order valence-electron chi connectivity index (χ2n) is 13.3. The third-order valence-corrected chi connectivity index (χ3v) is 15.9. The average molecular weight is 678 g/mol. The minimum absolute atomic E-state index is 0.0126. The number of rotatable bonds is 8. The van der Waals surface area contributed by atoms with Gasteiger partial charge < -0.3 is 24.1 Å². The predicted octanol–water partition coefficient (Wildman–Crippen LogP) is 5.48. The highest BCUT2D eigenvalue weighted by molar-refractivity contribution is 6.73. The summed E-state index contributed by atoms with van der Waals surface area (Å²) in [5.74, 6) is 10.3. The smallest absolute Gasteiger partial charge is 0.415 e. The summed E-state index contributed by atoms with van der Waals surface area (Å²) in [6.07, 6.45) is 3.80. The van der Waals surface area contributed by atoms with E-state index in [2.05, 4.69) is 51.0 Å². The molecule has 2 aliphatic heterocycles. The fourth-order valence-corrected chi connectivity index (χ4v) is 11.4. The number of aryl methyl sites for hydroxylation is 2. The maximum Gasteiger partial charge on any atom is 0.415 e. The molecule has 10 heteroatoms. The number of epoxide rings is 1. The lowest BCUT2D eigenvalue weighted by Gasteiger charge is -2.45. The normalized spacial score (nSPS) is 26.7. The van der Waals surface area contributed by atoms with Gasteiger partial charge in [0.05, 0.1) is 22.9 Å². The molecule has 0 unspecified atom stereocenters. The van der Waals surface area contributed by atoms with E-state index in [9.17, 15) is 24.6 Å². The van der Waals surface area contributed by atoms with Gasteiger partial charge in [-0.2, -0.15) is 0 Å². The van der Waals surface area contributed by atoms with E-state index in [-0.39, 0.29) is 40.1 Å². The van der Waals surface area contributed by atoms with Crippen LogP contribution in [0.15, 0.2) is 43.0 Å². The van der Waals surface area contributed by atoms with Crippen LogP contribution in [0.5, 0.6) is 5.75 Å². The number of carbonyl (C=O) groups excluding carboxylic acids is 3. The number of hydrogen-bond donors (Lipinski definition) is 2. The Kier molecular flexibility index (Phi) is 8.00. The molecule has 2 aromatic rings. The first-order valence-electron chi connectivity index (χ1n) is 17.0. The second-order valence-corrected chi connectivity index (χ2v) is 18.0. The molecule has 0 radical (unpaired) electrons. The number of anilines is 1. The number of amides is 1. The first kappa shape index (κ1) is 33.1. The largest absolute Gasteiger partial charge is 0.507 e. The Hall–Kier alpha value is -4.45. The lowest BCUT2D eigenvalue weighted by Crippen LogP contribution is -2.63. The number of aliphatic hydroxyl groups is 1. The van der Waals surface area contributed by atoms with Gasteiger partial charge >= 0.3 is 6.09 Å². The molecule has 2 aromatic carbocycles. The van der Waals surface area contributed by atoms with Gasteiger partial charge in [0.25, 0.3) is 0 Å². The van der Waals surface area contributed by atoms with Crippen LogP contribution < -0.4 is 4.90 Å². The van der Waals surface area contributed by atoms with Gasteiger partial charge in [0, 0.05) is 16.7 Å². The van der Waals surface area contributed by atoms with Crippen molar-refractivity contribution in [3.8, 4) is 29.4 Å². The molecule has 1 amide bonds. The van der Waals surface area contributed by atoms with Crippen LogP contribution in [0.4, 0.5) is 10.5 Å². The molecule has 5 aliphatic rings. The fourth-order valence-electron chi connectivity index (χ4n) is 8.49. The van der Waals surface area contributed by atoms with Crippen LogP contribution in [-0.2, 0) is 32.3 Å². The zero-order valence-corrected chi connectivity index (χ0v) is 29.1. The molecular weight excluding hydrogens is 639 g/mol. The van der Waals surface area contributed by atoms with Crippen molar-refractivity contribution in [1.82, 2.24) is 0 Å². The number of phenolic OH excluding ortho intramolecular Hbond substituents is 1. The lowest BCUT2D eigenvalue weighted by atomic mass is 9.68. The molecule has 0 saturated carbocycles. The number of ketones is 2. The van der Waals surface area contributed by atoms with E-state index in [4.69, 9.17) is 13.9 Å². The van der Waals surface area contributed by atoms with Crippen LogP contribution in [0.25, 0.3) is 0 Å². The molecular formula is C39H39NO8Si. The summed E-state index contributed by atoms with van der Waals surface area (Å²) >= 11 is 0. The highest BCUT2D eigenvalue weighted by Crippen LogP contribution is 2.69. The van der Waals surface area contributed by atoms with E-state index in [1.54, 1.807) is 12.1 Å². The number of aromatic hydroxyl groups is 1. The highest BCUT2D eigenvalue weighted by Gasteiger charge is 2.84. The third kappa shape index (κ3) is 4.48. The van der Waals surface area contributed by atoms with Crippen molar-refractivity contribution in [3.63, 3.8) is 0 Å². The van der Waals surface area contributed by atoms with Crippen LogP contribution in [0, 0.1) is 23.7 Å². The molecule has 49 heavy (non-hydrogen) atoms. The van der Waals surface area contributed by atoms with Crippen molar-refractivity contribution in [2.24, 2.45) is 0 Å². The van der Waals surface area contributed by atoms with E-state index < -0.39 is 61.2 Å². The quantitative estimate of drug-likeness (QED) is 0.139. The van der Waals surface area contributed by atoms with Crippen LogP contribution in [0.3, 0.4) is 0 Å². The number of aliphatic hydroxyl groups excluding tert-OH is 1. The molecule has 2 bridgehead atoms. The minimum Gasteiger partial charge on any atom is -0.507 e. The number of benzene rings is 2. The summed E-state index contributed by atoms with van der Waals surface area (Å²) < 4.78 is 19.4. The molecule has 2 N–H and O–H groups in total. The zero-order chi connectivity index (χ0) is 34.9. The van der Waals surface area contributed by atoms with Crippen LogP contribution >= 0.6 is 0 Å². The van der Waals surface area contributed by atoms with Crippen molar-refractivity contribution < 1.29 is 38.5 Å². The Morgan fingerprint density at radius 3 is 2.29 bits per heavy atom. The SMILES string of the molecule is C=CCOC(=O)N1c2c(cc(O)c3c2C(=O)c2cc4c(cc2C3=O)CCC4)[C@@]23O[C@@]2([C@@H](C)O[Si](CC)(CC)CC)[C@@H]1C#C/C=C\C#C[C@H]3O. The first-order chi connectivity index (χ1) is 23.6. The summed E-state index contributed by atoms with van der Waals surface area (Å²) in [6.45, 7) is 11.7. The number of fused-ring (bicyclic) bond motifs is 5. The maximum absolute atomic E-state index is 14.7. The number of hydrogen-bond acceptors (Lipinski definition) is 8. The topological polar surface area (TPSA) is 126 Å².